The van der Waals surface area contributed by atoms with Crippen LogP contribution < -0.4 is 10.3 Å². The number of benzene rings is 1. The molecule has 0 bridgehead atoms. The smallest absolute Gasteiger partial charge is 0.258 e. The normalized spacial score (nSPS) is 11.1. The van der Waals surface area contributed by atoms with Gasteiger partial charge in [0.1, 0.15) is 12.4 Å². The van der Waals surface area contributed by atoms with Gasteiger partial charge in [-0.15, -0.1) is 28.1 Å². The Balaban J connectivity index is 1.49. The fourth-order valence-corrected chi connectivity index (χ4v) is 4.71. The fourth-order valence-electron chi connectivity index (χ4n) is 2.84. The Labute approximate surface area is 186 Å². The zero-order valence-electron chi connectivity index (χ0n) is 16.1. The summed E-state index contributed by atoms with van der Waals surface area (Å²) in [4.78, 5) is 17.6. The van der Waals surface area contributed by atoms with Crippen LogP contribution in [0.2, 0.25) is 5.02 Å². The van der Waals surface area contributed by atoms with E-state index in [0.717, 1.165) is 5.69 Å². The number of thiazole rings is 1. The van der Waals surface area contributed by atoms with Crippen LogP contribution in [0.15, 0.2) is 58.3 Å². The second-order valence-corrected chi connectivity index (χ2v) is 8.63. The first-order valence-corrected chi connectivity index (χ1v) is 11.3. The largest absolute Gasteiger partial charge is 0.486 e. The highest BCUT2D eigenvalue weighted by atomic mass is 35.5. The van der Waals surface area contributed by atoms with E-state index in [4.69, 9.17) is 16.3 Å². The highest BCUT2D eigenvalue weighted by Gasteiger charge is 2.14. The van der Waals surface area contributed by atoms with Crippen molar-refractivity contribution < 1.29 is 4.74 Å². The Hall–Kier alpha value is -2.62. The molecule has 4 rings (SSSR count). The maximum absolute atomic E-state index is 12.4. The Morgan fingerprint density at radius 3 is 2.87 bits per heavy atom. The van der Waals surface area contributed by atoms with E-state index in [1.807, 2.05) is 16.9 Å². The van der Waals surface area contributed by atoms with Gasteiger partial charge in [0, 0.05) is 34.5 Å². The Morgan fingerprint density at radius 1 is 1.30 bits per heavy atom. The third kappa shape index (κ3) is 4.43. The Morgan fingerprint density at radius 2 is 2.10 bits per heavy atom. The first-order valence-electron chi connectivity index (χ1n) is 9.06. The minimum absolute atomic E-state index is 0.0704. The number of nitrogens with zero attached hydrogens (tertiary/aromatic N) is 5. The van der Waals surface area contributed by atoms with Crippen molar-refractivity contribution in [1.29, 1.82) is 0 Å². The minimum Gasteiger partial charge on any atom is -0.486 e. The third-order valence-corrected chi connectivity index (χ3v) is 6.46. The molecule has 0 aliphatic heterocycles. The lowest BCUT2D eigenvalue weighted by atomic mass is 10.3. The van der Waals surface area contributed by atoms with Crippen molar-refractivity contribution in [2.45, 2.75) is 31.0 Å². The number of hydrogen-bond acceptors (Lipinski definition) is 7. The number of rotatable bonds is 8. The van der Waals surface area contributed by atoms with Crippen LogP contribution in [0.5, 0.6) is 5.75 Å². The molecule has 10 heteroatoms. The first kappa shape index (κ1) is 20.6. The average molecular weight is 460 g/mol. The molecule has 4 aromatic rings. The van der Waals surface area contributed by atoms with E-state index < -0.39 is 0 Å². The van der Waals surface area contributed by atoms with Crippen molar-refractivity contribution in [3.63, 3.8) is 0 Å². The van der Waals surface area contributed by atoms with Crippen molar-refractivity contribution in [3.8, 4) is 5.75 Å². The van der Waals surface area contributed by atoms with Gasteiger partial charge in [0.25, 0.3) is 5.56 Å². The number of halogens is 1. The maximum atomic E-state index is 12.4. The van der Waals surface area contributed by atoms with E-state index in [0.29, 0.717) is 44.7 Å². The summed E-state index contributed by atoms with van der Waals surface area (Å²) >= 11 is 8.83. The molecule has 1 aromatic carbocycles. The zero-order valence-corrected chi connectivity index (χ0v) is 18.5. The number of hydrogen-bond donors (Lipinski definition) is 0. The summed E-state index contributed by atoms with van der Waals surface area (Å²) < 4.78 is 9.35. The molecular weight excluding hydrogens is 442 g/mol. The van der Waals surface area contributed by atoms with Gasteiger partial charge < -0.3 is 4.74 Å². The molecule has 3 heterocycles. The number of aromatic nitrogens is 5. The highest BCUT2D eigenvalue weighted by molar-refractivity contribution is 7.98. The van der Waals surface area contributed by atoms with E-state index in [9.17, 15) is 4.79 Å². The lowest BCUT2D eigenvalue weighted by Crippen LogP contribution is -2.14. The van der Waals surface area contributed by atoms with Crippen LogP contribution in [0.25, 0.3) is 4.96 Å². The van der Waals surface area contributed by atoms with E-state index >= 15 is 0 Å². The molecule has 0 aliphatic carbocycles. The van der Waals surface area contributed by atoms with Gasteiger partial charge in [-0.05, 0) is 31.2 Å². The van der Waals surface area contributed by atoms with Crippen LogP contribution in [0.1, 0.15) is 17.2 Å². The van der Waals surface area contributed by atoms with Gasteiger partial charge >= 0.3 is 0 Å². The second-order valence-electron chi connectivity index (χ2n) is 6.41. The van der Waals surface area contributed by atoms with Crippen LogP contribution in [-0.2, 0) is 18.9 Å². The van der Waals surface area contributed by atoms with Crippen molar-refractivity contribution >= 4 is 39.7 Å². The number of aryl methyl sites for hydroxylation is 1. The predicted octanol–water partition coefficient (Wildman–Crippen LogP) is 4.37. The monoisotopic (exact) mass is 459 g/mol. The average Bonchev–Trinajstić information content (AvgIpc) is 3.30. The molecular formula is C20H18ClN5O2S2. The SMILES string of the molecule is C=CCn1c(COc2ccc(Cl)cc2)nnc1SCc1cc(=O)n2c(C)csc2n1. The molecule has 0 radical (unpaired) electrons. The lowest BCUT2D eigenvalue weighted by molar-refractivity contribution is 0.289. The summed E-state index contributed by atoms with van der Waals surface area (Å²) in [6, 6.07) is 8.72. The first-order chi connectivity index (χ1) is 14.5. The van der Waals surface area contributed by atoms with Gasteiger partial charge in [0.05, 0.1) is 5.69 Å². The molecule has 154 valence electrons. The Kier molecular flexibility index (Phi) is 6.21. The van der Waals surface area contributed by atoms with Gasteiger partial charge in [-0.2, -0.15) is 0 Å². The molecule has 0 spiro atoms. The molecule has 0 atom stereocenters. The topological polar surface area (TPSA) is 74.3 Å². The molecule has 0 N–H and O–H groups in total. The van der Waals surface area contributed by atoms with Crippen molar-refractivity contribution in [2.24, 2.45) is 0 Å². The van der Waals surface area contributed by atoms with E-state index in [-0.39, 0.29) is 12.2 Å². The van der Waals surface area contributed by atoms with Gasteiger partial charge in [0.2, 0.25) is 0 Å². The fraction of sp³-hybridized carbons (Fsp3) is 0.200. The van der Waals surface area contributed by atoms with E-state index in [1.165, 1.54) is 23.1 Å². The van der Waals surface area contributed by atoms with Crippen molar-refractivity contribution in [2.75, 3.05) is 0 Å². The van der Waals surface area contributed by atoms with Crippen molar-refractivity contribution in [3.05, 3.63) is 81.0 Å². The van der Waals surface area contributed by atoms with Gasteiger partial charge in [-0.25, -0.2) is 4.98 Å². The van der Waals surface area contributed by atoms with Gasteiger partial charge in [0.15, 0.2) is 15.9 Å². The molecule has 3 aromatic heterocycles. The molecule has 30 heavy (non-hydrogen) atoms. The number of ether oxygens (including phenoxy) is 1. The van der Waals surface area contributed by atoms with Crippen LogP contribution in [0.3, 0.4) is 0 Å². The highest BCUT2D eigenvalue weighted by Crippen LogP contribution is 2.23. The zero-order chi connectivity index (χ0) is 21.1. The number of allylic oxidation sites excluding steroid dienone is 1. The molecule has 0 saturated carbocycles. The number of thioether (sulfide) groups is 1. The molecule has 0 saturated heterocycles. The van der Waals surface area contributed by atoms with Crippen LogP contribution in [0.4, 0.5) is 0 Å². The minimum atomic E-state index is -0.0704. The van der Waals surface area contributed by atoms with Gasteiger partial charge in [-0.3, -0.25) is 13.8 Å². The summed E-state index contributed by atoms with van der Waals surface area (Å²) in [5.41, 5.74) is 1.53. The Bertz CT molecular complexity index is 1250. The summed E-state index contributed by atoms with van der Waals surface area (Å²) in [6.45, 7) is 6.53. The summed E-state index contributed by atoms with van der Waals surface area (Å²) in [5.74, 6) is 1.89. The van der Waals surface area contributed by atoms with Crippen LogP contribution in [-0.4, -0.2) is 24.1 Å². The lowest BCUT2D eigenvalue weighted by Gasteiger charge is -2.09. The summed E-state index contributed by atoms with van der Waals surface area (Å²) in [6.07, 6.45) is 1.78. The summed E-state index contributed by atoms with van der Waals surface area (Å²) in [7, 11) is 0. The quantitative estimate of drug-likeness (QED) is 0.288. The van der Waals surface area contributed by atoms with E-state index in [1.54, 1.807) is 40.8 Å². The van der Waals surface area contributed by atoms with Crippen LogP contribution >= 0.6 is 34.7 Å². The maximum Gasteiger partial charge on any atom is 0.258 e. The predicted molar refractivity (Wildman–Crippen MR) is 120 cm³/mol. The third-order valence-electron chi connectivity index (χ3n) is 4.26. The molecule has 0 unspecified atom stereocenters. The molecule has 0 amide bonds. The molecule has 0 fully saturated rings. The second kappa shape index (κ2) is 9.03. The van der Waals surface area contributed by atoms with Gasteiger partial charge in [-0.1, -0.05) is 29.4 Å². The van der Waals surface area contributed by atoms with Crippen molar-refractivity contribution in [1.82, 2.24) is 24.1 Å². The van der Waals surface area contributed by atoms with Crippen LogP contribution in [0, 0.1) is 6.92 Å². The van der Waals surface area contributed by atoms with E-state index in [2.05, 4.69) is 21.8 Å². The number of fused-ring (bicyclic) bond motifs is 1. The summed E-state index contributed by atoms with van der Waals surface area (Å²) in [5, 5.41) is 11.8. The molecule has 7 nitrogen and oxygen atoms in total. The standard InChI is InChI=1S/C20H18ClN5O2S2/c1-3-8-25-17(10-28-16-6-4-14(21)5-7-16)23-24-20(25)30-12-15-9-18(27)26-13(2)11-29-19(26)22-15/h3-7,9,11H,1,8,10,12H2,2H3. The molecule has 0 aliphatic rings.